The van der Waals surface area contributed by atoms with Crippen LogP contribution < -0.4 is 10.1 Å². The predicted molar refractivity (Wildman–Crippen MR) is 75.3 cm³/mol. The van der Waals surface area contributed by atoms with Crippen molar-refractivity contribution in [2.24, 2.45) is 0 Å². The van der Waals surface area contributed by atoms with E-state index < -0.39 is 0 Å². The van der Waals surface area contributed by atoms with Crippen LogP contribution >= 0.6 is 0 Å². The summed E-state index contributed by atoms with van der Waals surface area (Å²) in [4.78, 5) is 11.8. The molecule has 0 aliphatic carbocycles. The van der Waals surface area contributed by atoms with E-state index in [1.54, 1.807) is 7.11 Å². The first kappa shape index (κ1) is 15.5. The molecule has 0 bridgehead atoms. The molecule has 2 atom stereocenters. The molecule has 0 radical (unpaired) electrons. The monoisotopic (exact) mass is 265 g/mol. The normalized spacial score (nSPS) is 13.7. The Morgan fingerprint density at radius 1 is 1.42 bits per heavy atom. The fraction of sp³-hybridized carbons (Fsp3) is 0.533. The molecule has 0 aliphatic rings. The average Bonchev–Trinajstić information content (AvgIpc) is 2.38. The lowest BCUT2D eigenvalue weighted by Gasteiger charge is -2.16. The smallest absolute Gasteiger partial charge is 0.220 e. The van der Waals surface area contributed by atoms with Crippen LogP contribution in [0.3, 0.4) is 0 Å². The molecular weight excluding hydrogens is 242 g/mol. The molecule has 4 heteroatoms. The van der Waals surface area contributed by atoms with E-state index >= 15 is 0 Å². The van der Waals surface area contributed by atoms with Crippen molar-refractivity contribution in [3.63, 3.8) is 0 Å². The van der Waals surface area contributed by atoms with E-state index in [1.165, 1.54) is 0 Å². The van der Waals surface area contributed by atoms with Crippen LogP contribution in [0.15, 0.2) is 24.3 Å². The molecule has 1 rings (SSSR count). The summed E-state index contributed by atoms with van der Waals surface area (Å²) >= 11 is 0. The number of hydrogen-bond acceptors (Lipinski definition) is 3. The van der Waals surface area contributed by atoms with Crippen molar-refractivity contribution in [2.75, 3.05) is 13.7 Å². The number of carbonyl (C=O) groups is 1. The van der Waals surface area contributed by atoms with E-state index in [0.717, 1.165) is 11.3 Å². The van der Waals surface area contributed by atoms with Crippen LogP contribution in [0.1, 0.15) is 38.2 Å². The van der Waals surface area contributed by atoms with Gasteiger partial charge in [0, 0.05) is 19.1 Å². The maximum atomic E-state index is 11.8. The van der Waals surface area contributed by atoms with Gasteiger partial charge in [-0.3, -0.25) is 4.79 Å². The Balaban J connectivity index is 2.53. The van der Waals surface area contributed by atoms with E-state index in [-0.39, 0.29) is 24.5 Å². The van der Waals surface area contributed by atoms with Crippen molar-refractivity contribution in [2.45, 2.75) is 38.6 Å². The highest BCUT2D eigenvalue weighted by Crippen LogP contribution is 2.23. The summed E-state index contributed by atoms with van der Waals surface area (Å²) in [6.45, 7) is 4.00. The molecule has 0 heterocycles. The highest BCUT2D eigenvalue weighted by molar-refractivity contribution is 5.77. The molecular formula is C15H23NO3. The van der Waals surface area contributed by atoms with Crippen LogP contribution in [0.5, 0.6) is 5.75 Å². The van der Waals surface area contributed by atoms with Crippen LogP contribution in [0.2, 0.25) is 0 Å². The van der Waals surface area contributed by atoms with Crippen molar-refractivity contribution in [1.29, 1.82) is 0 Å². The Kier molecular flexibility index (Phi) is 6.36. The molecule has 2 N–H and O–H groups in total. The fourth-order valence-electron chi connectivity index (χ4n) is 1.94. The van der Waals surface area contributed by atoms with E-state index in [0.29, 0.717) is 12.8 Å². The lowest BCUT2D eigenvalue weighted by atomic mass is 9.97. The van der Waals surface area contributed by atoms with E-state index in [4.69, 9.17) is 9.84 Å². The van der Waals surface area contributed by atoms with Gasteiger partial charge in [0.15, 0.2) is 0 Å². The summed E-state index contributed by atoms with van der Waals surface area (Å²) in [5.74, 6) is 0.950. The first-order chi connectivity index (χ1) is 9.06. The number of nitrogens with one attached hydrogen (secondary N) is 1. The lowest BCUT2D eigenvalue weighted by molar-refractivity contribution is -0.122. The number of aliphatic hydroxyl groups is 1. The number of benzene rings is 1. The topological polar surface area (TPSA) is 58.6 Å². The van der Waals surface area contributed by atoms with Crippen LogP contribution in [0.25, 0.3) is 0 Å². The van der Waals surface area contributed by atoms with Crippen molar-refractivity contribution >= 4 is 5.91 Å². The molecule has 0 saturated carbocycles. The van der Waals surface area contributed by atoms with E-state index in [2.05, 4.69) is 5.32 Å². The Morgan fingerprint density at radius 2 is 2.16 bits per heavy atom. The van der Waals surface area contributed by atoms with Gasteiger partial charge in [-0.15, -0.1) is 0 Å². The van der Waals surface area contributed by atoms with Crippen molar-refractivity contribution < 1.29 is 14.6 Å². The lowest BCUT2D eigenvalue weighted by Crippen LogP contribution is -2.33. The van der Waals surface area contributed by atoms with Gasteiger partial charge in [-0.1, -0.05) is 19.1 Å². The number of amides is 1. The van der Waals surface area contributed by atoms with Gasteiger partial charge in [0.1, 0.15) is 5.75 Å². The molecule has 0 aliphatic heterocycles. The summed E-state index contributed by atoms with van der Waals surface area (Å²) in [7, 11) is 1.63. The molecule has 0 saturated heterocycles. The van der Waals surface area contributed by atoms with Gasteiger partial charge in [0.2, 0.25) is 5.91 Å². The summed E-state index contributed by atoms with van der Waals surface area (Å²) < 4.78 is 5.18. The average molecular weight is 265 g/mol. The first-order valence-electron chi connectivity index (χ1n) is 6.61. The van der Waals surface area contributed by atoms with Gasteiger partial charge in [-0.2, -0.15) is 0 Å². The molecule has 2 unspecified atom stereocenters. The molecule has 106 valence electrons. The minimum Gasteiger partial charge on any atom is -0.497 e. The molecule has 4 nitrogen and oxygen atoms in total. The molecule has 1 amide bonds. The van der Waals surface area contributed by atoms with Gasteiger partial charge in [-0.25, -0.2) is 0 Å². The maximum absolute atomic E-state index is 11.8. The third-order valence-corrected chi connectivity index (χ3v) is 3.12. The summed E-state index contributed by atoms with van der Waals surface area (Å²) in [6.07, 6.45) is 1.02. The van der Waals surface area contributed by atoms with Gasteiger partial charge < -0.3 is 15.2 Å². The third-order valence-electron chi connectivity index (χ3n) is 3.12. The van der Waals surface area contributed by atoms with E-state index in [9.17, 15) is 4.79 Å². The highest BCUT2D eigenvalue weighted by Gasteiger charge is 2.13. The molecule has 1 aromatic rings. The second-order valence-corrected chi connectivity index (χ2v) is 4.86. The molecule has 0 fully saturated rings. The third kappa shape index (κ3) is 5.30. The molecule has 0 spiro atoms. The van der Waals surface area contributed by atoms with Crippen LogP contribution in [-0.2, 0) is 4.79 Å². The highest BCUT2D eigenvalue weighted by atomic mass is 16.5. The van der Waals surface area contributed by atoms with E-state index in [1.807, 2.05) is 38.1 Å². The Morgan fingerprint density at radius 3 is 2.79 bits per heavy atom. The Bertz CT molecular complexity index is 406. The van der Waals surface area contributed by atoms with Gasteiger partial charge in [0.05, 0.1) is 7.11 Å². The molecule has 0 aromatic heterocycles. The van der Waals surface area contributed by atoms with Crippen molar-refractivity contribution in [1.82, 2.24) is 5.32 Å². The van der Waals surface area contributed by atoms with Crippen LogP contribution in [0.4, 0.5) is 0 Å². The SMILES string of the molecule is COc1cccc(C(C)CC(=O)NC(C)CCO)c1. The molecule has 19 heavy (non-hydrogen) atoms. The minimum atomic E-state index is 0.00927. The standard InChI is InChI=1S/C15H23NO3/c1-11(9-15(18)16-12(2)7-8-17)13-5-4-6-14(10-13)19-3/h4-6,10-12,17H,7-9H2,1-3H3,(H,16,18). The number of hydrogen-bond donors (Lipinski definition) is 2. The predicted octanol–water partition coefficient (Wildman–Crippen LogP) is 2.08. The zero-order valence-electron chi connectivity index (χ0n) is 11.8. The quantitative estimate of drug-likeness (QED) is 0.793. The summed E-state index contributed by atoms with van der Waals surface area (Å²) in [5, 5.41) is 11.7. The number of ether oxygens (including phenoxy) is 1. The van der Waals surface area contributed by atoms with Crippen molar-refractivity contribution in [3.8, 4) is 5.75 Å². The number of methoxy groups -OCH3 is 1. The number of rotatable bonds is 7. The fourth-order valence-corrected chi connectivity index (χ4v) is 1.94. The maximum Gasteiger partial charge on any atom is 0.220 e. The minimum absolute atomic E-state index is 0.00927. The van der Waals surface area contributed by atoms with Crippen LogP contribution in [-0.4, -0.2) is 30.8 Å². The Labute approximate surface area is 114 Å². The first-order valence-corrected chi connectivity index (χ1v) is 6.61. The van der Waals surface area contributed by atoms with Gasteiger partial charge >= 0.3 is 0 Å². The van der Waals surface area contributed by atoms with Gasteiger partial charge in [-0.05, 0) is 37.0 Å². The summed E-state index contributed by atoms with van der Waals surface area (Å²) in [5.41, 5.74) is 1.09. The van der Waals surface area contributed by atoms with Gasteiger partial charge in [0.25, 0.3) is 0 Å². The second kappa shape index (κ2) is 7.79. The number of aliphatic hydroxyl groups excluding tert-OH is 1. The number of carbonyl (C=O) groups excluding carboxylic acids is 1. The zero-order valence-corrected chi connectivity index (χ0v) is 11.8. The Hall–Kier alpha value is -1.55. The second-order valence-electron chi connectivity index (χ2n) is 4.86. The summed E-state index contributed by atoms with van der Waals surface area (Å²) in [6, 6.07) is 7.78. The zero-order chi connectivity index (χ0) is 14.3. The van der Waals surface area contributed by atoms with Crippen molar-refractivity contribution in [3.05, 3.63) is 29.8 Å². The largest absolute Gasteiger partial charge is 0.497 e. The molecule has 1 aromatic carbocycles. The van der Waals surface area contributed by atoms with Crippen LogP contribution in [0, 0.1) is 0 Å².